The van der Waals surface area contributed by atoms with Crippen LogP contribution in [-0.4, -0.2) is 35.9 Å². The van der Waals surface area contributed by atoms with Gasteiger partial charge in [-0.25, -0.2) is 0 Å². The zero-order valence-electron chi connectivity index (χ0n) is 11.2. The number of carbonyl (C=O) groups excluding carboxylic acids is 1. The number of esters is 1. The number of carboxylic acids is 1. The number of hydrogen-bond acceptors (Lipinski definition) is 4. The quantitative estimate of drug-likeness (QED) is 0.415. The molecule has 1 aliphatic carbocycles. The highest BCUT2D eigenvalue weighted by molar-refractivity contribution is 5.69. The molecule has 0 spiro atoms. The third kappa shape index (κ3) is 5.19. The van der Waals surface area contributed by atoms with E-state index in [1.165, 1.54) is 0 Å². The molecule has 0 radical (unpaired) electrons. The molecule has 108 valence electrons. The average molecular weight is 270 g/mol. The van der Waals surface area contributed by atoms with Crippen LogP contribution in [0.4, 0.5) is 0 Å². The van der Waals surface area contributed by atoms with Gasteiger partial charge in [0, 0.05) is 12.8 Å². The number of carboxylic acid groups (broad SMARTS) is 1. The van der Waals surface area contributed by atoms with Gasteiger partial charge in [-0.2, -0.15) is 0 Å². The van der Waals surface area contributed by atoms with Crippen LogP contribution >= 0.6 is 0 Å². The van der Waals surface area contributed by atoms with E-state index < -0.39 is 5.97 Å². The Hall–Kier alpha value is -1.10. The number of carbonyl (C=O) groups is 2. The van der Waals surface area contributed by atoms with E-state index in [4.69, 9.17) is 14.6 Å². The van der Waals surface area contributed by atoms with Crippen molar-refractivity contribution in [2.75, 3.05) is 6.61 Å². The minimum Gasteiger partial charge on any atom is -0.481 e. The topological polar surface area (TPSA) is 76.1 Å². The Balaban J connectivity index is 1.46. The highest BCUT2D eigenvalue weighted by Gasteiger charge is 2.43. The van der Waals surface area contributed by atoms with Crippen LogP contribution in [0.25, 0.3) is 0 Å². The maximum Gasteiger partial charge on any atom is 0.305 e. The Kier molecular flexibility index (Phi) is 5.19. The van der Waals surface area contributed by atoms with Gasteiger partial charge in [0.05, 0.1) is 18.8 Å². The summed E-state index contributed by atoms with van der Waals surface area (Å²) < 4.78 is 10.7. The molecule has 1 heterocycles. The van der Waals surface area contributed by atoms with Crippen LogP contribution in [0.3, 0.4) is 0 Å². The molecule has 0 aromatic carbocycles. The van der Waals surface area contributed by atoms with Crippen LogP contribution in [0.1, 0.15) is 51.4 Å². The molecule has 0 amide bonds. The Morgan fingerprint density at radius 1 is 1.11 bits per heavy atom. The van der Waals surface area contributed by atoms with Crippen molar-refractivity contribution in [2.24, 2.45) is 5.92 Å². The summed E-state index contributed by atoms with van der Waals surface area (Å²) >= 11 is 0. The maximum atomic E-state index is 11.5. The number of epoxide rings is 1. The number of aliphatic carboxylic acids is 1. The minimum atomic E-state index is -0.777. The molecule has 2 aliphatic rings. The van der Waals surface area contributed by atoms with E-state index in [0.717, 1.165) is 25.7 Å². The predicted octanol–water partition coefficient (Wildman–Crippen LogP) is 2.13. The Bertz CT molecular complexity index is 328. The molecule has 3 unspecified atom stereocenters. The molecule has 1 N–H and O–H groups in total. The highest BCUT2D eigenvalue weighted by atomic mass is 16.6. The molecule has 19 heavy (non-hydrogen) atoms. The van der Waals surface area contributed by atoms with Crippen molar-refractivity contribution in [3.8, 4) is 0 Å². The van der Waals surface area contributed by atoms with Gasteiger partial charge in [0.2, 0.25) is 0 Å². The number of hydrogen-bond donors (Lipinski definition) is 1. The van der Waals surface area contributed by atoms with Crippen LogP contribution in [-0.2, 0) is 19.1 Å². The van der Waals surface area contributed by atoms with Crippen molar-refractivity contribution >= 4 is 11.9 Å². The predicted molar refractivity (Wildman–Crippen MR) is 67.7 cm³/mol. The monoisotopic (exact) mass is 270 g/mol. The Labute approximate surface area is 113 Å². The molecule has 0 aromatic heterocycles. The summed E-state index contributed by atoms with van der Waals surface area (Å²) in [5.74, 6) is -0.477. The molecule has 1 aliphatic heterocycles. The lowest BCUT2D eigenvalue weighted by molar-refractivity contribution is -0.145. The van der Waals surface area contributed by atoms with Gasteiger partial charge in [-0.05, 0) is 38.0 Å². The van der Waals surface area contributed by atoms with Gasteiger partial charge in [0.25, 0.3) is 0 Å². The van der Waals surface area contributed by atoms with Crippen molar-refractivity contribution in [2.45, 2.75) is 63.6 Å². The summed E-state index contributed by atoms with van der Waals surface area (Å²) in [6.07, 6.45) is 6.81. The first-order valence-corrected chi connectivity index (χ1v) is 7.18. The van der Waals surface area contributed by atoms with Crippen LogP contribution in [0.2, 0.25) is 0 Å². The molecule has 2 rings (SSSR count). The first-order chi connectivity index (χ1) is 9.15. The van der Waals surface area contributed by atoms with Gasteiger partial charge in [-0.3, -0.25) is 9.59 Å². The largest absolute Gasteiger partial charge is 0.481 e. The van der Waals surface area contributed by atoms with Gasteiger partial charge in [0.15, 0.2) is 0 Å². The van der Waals surface area contributed by atoms with Crippen molar-refractivity contribution in [3.63, 3.8) is 0 Å². The molecular formula is C14H22O5. The second-order valence-corrected chi connectivity index (χ2v) is 5.53. The Morgan fingerprint density at radius 2 is 1.89 bits per heavy atom. The van der Waals surface area contributed by atoms with Crippen molar-refractivity contribution in [1.29, 1.82) is 0 Å². The zero-order valence-corrected chi connectivity index (χ0v) is 11.2. The van der Waals surface area contributed by atoms with Crippen molar-refractivity contribution in [3.05, 3.63) is 0 Å². The lowest BCUT2D eigenvalue weighted by Crippen LogP contribution is -2.20. The van der Waals surface area contributed by atoms with Crippen molar-refractivity contribution in [1.82, 2.24) is 0 Å². The molecule has 1 saturated carbocycles. The Morgan fingerprint density at radius 3 is 2.63 bits per heavy atom. The molecule has 3 atom stereocenters. The number of fused-ring (bicyclic) bond motifs is 1. The smallest absolute Gasteiger partial charge is 0.305 e. The van der Waals surface area contributed by atoms with E-state index in [9.17, 15) is 9.59 Å². The molecule has 5 nitrogen and oxygen atoms in total. The van der Waals surface area contributed by atoms with E-state index in [0.29, 0.717) is 44.0 Å². The molecule has 5 heteroatoms. The van der Waals surface area contributed by atoms with Crippen LogP contribution < -0.4 is 0 Å². The number of rotatable bonds is 8. The first-order valence-electron chi connectivity index (χ1n) is 7.18. The summed E-state index contributed by atoms with van der Waals surface area (Å²) in [5, 5.41) is 8.47. The second kappa shape index (κ2) is 6.89. The summed E-state index contributed by atoms with van der Waals surface area (Å²) in [5.41, 5.74) is 0. The fourth-order valence-electron chi connectivity index (χ4n) is 2.64. The molecular weight excluding hydrogens is 248 g/mol. The van der Waals surface area contributed by atoms with Crippen LogP contribution in [0.5, 0.6) is 0 Å². The van der Waals surface area contributed by atoms with Gasteiger partial charge >= 0.3 is 11.9 Å². The minimum absolute atomic E-state index is 0.158. The summed E-state index contributed by atoms with van der Waals surface area (Å²) in [6, 6.07) is 0. The van der Waals surface area contributed by atoms with Crippen LogP contribution in [0.15, 0.2) is 0 Å². The zero-order chi connectivity index (χ0) is 13.7. The van der Waals surface area contributed by atoms with E-state index >= 15 is 0 Å². The normalized spacial score (nSPS) is 28.5. The van der Waals surface area contributed by atoms with Gasteiger partial charge in [0.1, 0.15) is 0 Å². The lowest BCUT2D eigenvalue weighted by Gasteiger charge is -2.18. The third-order valence-corrected chi connectivity index (χ3v) is 3.86. The number of unbranched alkanes of at least 4 members (excludes halogenated alkanes) is 2. The van der Waals surface area contributed by atoms with Crippen LogP contribution in [0, 0.1) is 5.92 Å². The summed E-state index contributed by atoms with van der Waals surface area (Å²) in [7, 11) is 0. The number of ether oxygens (including phenoxy) is 2. The fraction of sp³-hybridized carbons (Fsp3) is 0.857. The highest BCUT2D eigenvalue weighted by Crippen LogP contribution is 2.39. The van der Waals surface area contributed by atoms with Gasteiger partial charge in [-0.15, -0.1) is 0 Å². The first kappa shape index (κ1) is 14.3. The van der Waals surface area contributed by atoms with E-state index in [1.807, 2.05) is 0 Å². The molecule has 2 fully saturated rings. The fourth-order valence-corrected chi connectivity index (χ4v) is 2.64. The lowest BCUT2D eigenvalue weighted by atomic mass is 9.90. The van der Waals surface area contributed by atoms with E-state index in [-0.39, 0.29) is 12.4 Å². The standard InChI is InChI=1S/C14H22O5/c15-13(16)4-2-1-3-5-14(17)18-9-10-6-7-11-12(8-10)19-11/h10-12H,1-9H2,(H,15,16). The summed E-state index contributed by atoms with van der Waals surface area (Å²) in [4.78, 5) is 21.8. The van der Waals surface area contributed by atoms with Gasteiger partial charge < -0.3 is 14.6 Å². The maximum absolute atomic E-state index is 11.5. The molecule has 0 bridgehead atoms. The van der Waals surface area contributed by atoms with Gasteiger partial charge in [-0.1, -0.05) is 6.42 Å². The third-order valence-electron chi connectivity index (χ3n) is 3.86. The second-order valence-electron chi connectivity index (χ2n) is 5.53. The van der Waals surface area contributed by atoms with Crippen molar-refractivity contribution < 1.29 is 24.2 Å². The molecule has 0 aromatic rings. The SMILES string of the molecule is O=C(O)CCCCCC(=O)OCC1CCC2OC2C1. The average Bonchev–Trinajstić information content (AvgIpc) is 3.14. The van der Waals surface area contributed by atoms with E-state index in [2.05, 4.69) is 0 Å². The summed E-state index contributed by atoms with van der Waals surface area (Å²) in [6.45, 7) is 0.514. The molecule has 1 saturated heterocycles. The van der Waals surface area contributed by atoms with E-state index in [1.54, 1.807) is 0 Å².